The fraction of sp³-hybridized carbons (Fsp3) is 0.836. The summed E-state index contributed by atoms with van der Waals surface area (Å²) in [4.78, 5) is 18.4. The molecule has 3 aliphatic heterocycles. The summed E-state index contributed by atoms with van der Waals surface area (Å²) in [6.07, 6.45) is -7.79. The van der Waals surface area contributed by atoms with Crippen LogP contribution in [0.15, 0.2) is 30.5 Å². The maximum atomic E-state index is 14.8. The fourth-order valence-electron chi connectivity index (χ4n) is 12.0. The molecule has 0 spiro atoms. The average Bonchev–Trinajstić information content (AvgIpc) is 3.85. The smallest absolute Gasteiger partial charge is 0.311 e. The lowest BCUT2D eigenvalue weighted by Crippen LogP contribution is -2.60. The number of hydrogen-bond donors (Lipinski definition) is 7. The summed E-state index contributed by atoms with van der Waals surface area (Å²) < 4.78 is 60.3. The molecule has 3 fully saturated rings. The van der Waals surface area contributed by atoms with Crippen LogP contribution in [0, 0.1) is 17.8 Å². The Balaban J connectivity index is 1.41. The molecule has 21 atom stereocenters. The maximum Gasteiger partial charge on any atom is 0.311 e. The average molecular weight is 1080 g/mol. The molecule has 4 heterocycles. The molecule has 3 saturated heterocycles. The zero-order chi connectivity index (χ0) is 56.6. The van der Waals surface area contributed by atoms with Crippen LogP contribution in [0.1, 0.15) is 124 Å². The van der Waals surface area contributed by atoms with Gasteiger partial charge in [0.15, 0.2) is 6.29 Å². The second kappa shape index (κ2) is 27.6. The first-order valence-corrected chi connectivity index (χ1v) is 27.3. The SMILES string of the molecule is CC[C@H]1OC(=O)[C@H](C)[C@@H](OC[C@H]2C[C@@](C)(OC)[C@@H](O)[C@H](C)O2)[C@H](C)[C@@H](O[C@@H]2O[C@H](C)C[C@H](N(C)CCc3cn([C@H](CF)[C@H](OC)c4ccc(CC(O)CO)cc4)nn3)[C@H]2O)[C@](C)(O)C[C@@H](C)CN(C)[C@H](C)[C@@H](O)[C@]1(C)O. The number of rotatable bonds is 19. The zero-order valence-corrected chi connectivity index (χ0v) is 47.6. The Labute approximate surface area is 450 Å². The summed E-state index contributed by atoms with van der Waals surface area (Å²) in [7, 11) is 6.72. The van der Waals surface area contributed by atoms with Crippen LogP contribution in [0.2, 0.25) is 0 Å². The first-order chi connectivity index (χ1) is 35.7. The molecule has 2 aromatic rings. The largest absolute Gasteiger partial charge is 0.459 e. The van der Waals surface area contributed by atoms with Crippen molar-refractivity contribution in [1.29, 1.82) is 0 Å². The predicted molar refractivity (Wildman–Crippen MR) is 280 cm³/mol. The van der Waals surface area contributed by atoms with Crippen molar-refractivity contribution in [3.05, 3.63) is 47.3 Å². The van der Waals surface area contributed by atoms with Crippen molar-refractivity contribution in [3.63, 3.8) is 0 Å². The number of aliphatic hydroxyl groups excluding tert-OH is 5. The number of likely N-dealkylation sites (N-methyl/N-ethyl adjacent to an activating group) is 2. The summed E-state index contributed by atoms with van der Waals surface area (Å²) in [5, 5.41) is 87.5. The van der Waals surface area contributed by atoms with Gasteiger partial charge in [0, 0.05) is 70.8 Å². The highest BCUT2D eigenvalue weighted by atomic mass is 19.1. The monoisotopic (exact) mass is 1080 g/mol. The van der Waals surface area contributed by atoms with E-state index in [2.05, 4.69) is 10.3 Å². The van der Waals surface area contributed by atoms with E-state index in [9.17, 15) is 44.9 Å². The molecule has 0 radical (unpaired) electrons. The molecule has 5 rings (SSSR count). The van der Waals surface area contributed by atoms with Crippen LogP contribution < -0.4 is 0 Å². The number of esters is 1. The standard InChI is InChI=1S/C55H94FN5O15/c1-15-44-55(10,69)48(65)35(6)60(12)27-31(2)24-53(8,68)50(33(4)46(34(5)51(67)75-44)72-30-41-25-54(9,71-14)49(66)36(7)74-41)76-52-45(64)42(22-32(3)73-52)59(11)21-20-39-28-61(58-57-39)43(26-56)47(70-13)38-18-16-37(17-19-38)23-40(63)29-62/h16-19,28,31-36,40-50,52,62-66,68-69H,15,20-27,29-30H2,1-14H3/t31-,32-,33+,34-,35-,36+,40?,41-,42+,43-,44-,45-,46+,47-,48-,49+,50-,52+,53-,54-,55-/m1/s1. The number of carbonyl (C=O) groups excluding carboxylic acids is 1. The minimum absolute atomic E-state index is 0.0432. The summed E-state index contributed by atoms with van der Waals surface area (Å²) in [6, 6.07) is 5.29. The highest BCUT2D eigenvalue weighted by Crippen LogP contribution is 2.39. The maximum absolute atomic E-state index is 14.8. The van der Waals surface area contributed by atoms with E-state index in [0.29, 0.717) is 37.2 Å². The molecule has 21 heteroatoms. The van der Waals surface area contributed by atoms with E-state index >= 15 is 0 Å². The van der Waals surface area contributed by atoms with Gasteiger partial charge in [-0.1, -0.05) is 50.3 Å². The van der Waals surface area contributed by atoms with Gasteiger partial charge in [0.2, 0.25) is 0 Å². The van der Waals surface area contributed by atoms with Crippen LogP contribution in [0.4, 0.5) is 4.39 Å². The fourth-order valence-corrected chi connectivity index (χ4v) is 12.0. The third-order valence-electron chi connectivity index (χ3n) is 16.7. The predicted octanol–water partition coefficient (Wildman–Crippen LogP) is 2.94. The van der Waals surface area contributed by atoms with Crippen molar-refractivity contribution in [3.8, 4) is 0 Å². The van der Waals surface area contributed by atoms with Crippen molar-refractivity contribution in [1.82, 2.24) is 24.8 Å². The van der Waals surface area contributed by atoms with E-state index in [-0.39, 0.29) is 44.8 Å². The summed E-state index contributed by atoms with van der Waals surface area (Å²) in [6.45, 7) is 17.2. The molecule has 0 aliphatic carbocycles. The number of cyclic esters (lactones) is 1. The number of hydrogen-bond acceptors (Lipinski definition) is 19. The molecule has 1 aromatic heterocycles. The molecular weight excluding hydrogens is 990 g/mol. The van der Waals surface area contributed by atoms with Gasteiger partial charge in [-0.15, -0.1) is 5.10 Å². The van der Waals surface area contributed by atoms with Crippen LogP contribution >= 0.6 is 0 Å². The van der Waals surface area contributed by atoms with E-state index in [0.717, 1.165) is 5.56 Å². The first kappa shape index (κ1) is 64.0. The van der Waals surface area contributed by atoms with Crippen LogP contribution in [0.3, 0.4) is 0 Å². The van der Waals surface area contributed by atoms with Crippen LogP contribution in [0.5, 0.6) is 0 Å². The summed E-state index contributed by atoms with van der Waals surface area (Å²) in [5.74, 6) is -2.77. The van der Waals surface area contributed by atoms with E-state index in [1.54, 1.807) is 72.0 Å². The molecule has 1 unspecified atom stereocenters. The van der Waals surface area contributed by atoms with E-state index < -0.39 is 133 Å². The first-order valence-electron chi connectivity index (χ1n) is 27.3. The van der Waals surface area contributed by atoms with Crippen molar-refractivity contribution in [2.45, 2.75) is 216 Å². The van der Waals surface area contributed by atoms with Gasteiger partial charge in [-0.3, -0.25) is 4.79 Å². The number of benzene rings is 1. The van der Waals surface area contributed by atoms with E-state index in [1.807, 2.05) is 44.7 Å². The summed E-state index contributed by atoms with van der Waals surface area (Å²) in [5.41, 5.74) is -2.35. The van der Waals surface area contributed by atoms with Crippen molar-refractivity contribution >= 4 is 5.97 Å². The molecule has 0 amide bonds. The van der Waals surface area contributed by atoms with Gasteiger partial charge in [0.05, 0.1) is 72.7 Å². The molecule has 76 heavy (non-hydrogen) atoms. The number of aromatic nitrogens is 3. The Morgan fingerprint density at radius 2 is 1.66 bits per heavy atom. The molecule has 436 valence electrons. The minimum Gasteiger partial charge on any atom is -0.459 e. The van der Waals surface area contributed by atoms with Gasteiger partial charge in [-0.05, 0) is 98.9 Å². The summed E-state index contributed by atoms with van der Waals surface area (Å²) >= 11 is 0. The zero-order valence-electron chi connectivity index (χ0n) is 47.6. The van der Waals surface area contributed by atoms with Crippen LogP contribution in [0.25, 0.3) is 0 Å². The molecule has 1 aromatic carbocycles. The van der Waals surface area contributed by atoms with E-state index in [4.69, 9.17) is 33.2 Å². The third kappa shape index (κ3) is 15.3. The lowest BCUT2D eigenvalue weighted by Gasteiger charge is -2.48. The number of alkyl halides is 1. The van der Waals surface area contributed by atoms with Crippen molar-refractivity contribution < 1.29 is 78.1 Å². The topological polar surface area (TPSA) is 260 Å². The Hall–Kier alpha value is -2.84. The van der Waals surface area contributed by atoms with Crippen LogP contribution in [-0.4, -0.2) is 224 Å². The third-order valence-corrected chi connectivity index (χ3v) is 16.7. The Morgan fingerprint density at radius 1 is 0.987 bits per heavy atom. The van der Waals surface area contributed by atoms with Gasteiger partial charge in [-0.2, -0.15) is 0 Å². The number of methoxy groups -OCH3 is 2. The number of ether oxygens (including phenoxy) is 7. The highest BCUT2D eigenvalue weighted by molar-refractivity contribution is 5.73. The number of carbonyl (C=O) groups is 1. The molecular formula is C55H94FN5O15. The van der Waals surface area contributed by atoms with E-state index in [1.165, 1.54) is 25.8 Å². The molecule has 3 aliphatic rings. The normalized spacial score (nSPS) is 39.0. The molecule has 20 nitrogen and oxygen atoms in total. The van der Waals surface area contributed by atoms with Gasteiger partial charge >= 0.3 is 5.97 Å². The van der Waals surface area contributed by atoms with Crippen molar-refractivity contribution in [2.24, 2.45) is 17.8 Å². The second-order valence-corrected chi connectivity index (χ2v) is 23.2. The lowest BCUT2D eigenvalue weighted by molar-refractivity contribution is -0.301. The van der Waals surface area contributed by atoms with Gasteiger partial charge in [-0.25, -0.2) is 9.07 Å². The number of halogens is 1. The molecule has 0 bridgehead atoms. The van der Waals surface area contributed by atoms with Gasteiger partial charge in [0.1, 0.15) is 48.8 Å². The van der Waals surface area contributed by atoms with Crippen molar-refractivity contribution in [2.75, 3.05) is 61.3 Å². The Morgan fingerprint density at radius 3 is 2.26 bits per heavy atom. The molecule has 7 N–H and O–H groups in total. The van der Waals surface area contributed by atoms with Gasteiger partial charge in [0.25, 0.3) is 0 Å². The van der Waals surface area contributed by atoms with Gasteiger partial charge < -0.3 is 78.7 Å². The quantitative estimate of drug-likeness (QED) is 0.0998. The lowest BCUT2D eigenvalue weighted by atomic mass is 9.77. The second-order valence-electron chi connectivity index (χ2n) is 23.2. The molecule has 0 saturated carbocycles. The Bertz CT molecular complexity index is 2070. The Kier molecular flexibility index (Phi) is 23.2. The van der Waals surface area contributed by atoms with Crippen LogP contribution in [-0.2, 0) is 50.8 Å². The minimum atomic E-state index is -1.85. The number of aliphatic hydroxyl groups is 7. The highest BCUT2D eigenvalue weighted by Gasteiger charge is 2.52. The number of nitrogens with zero attached hydrogens (tertiary/aromatic N) is 5.